The maximum absolute atomic E-state index is 12.4. The average Bonchev–Trinajstić information content (AvgIpc) is 3.23. The Morgan fingerprint density at radius 3 is 2.67 bits per heavy atom. The van der Waals surface area contributed by atoms with Crippen molar-refractivity contribution in [2.45, 2.75) is 56.9 Å². The SMILES string of the molecule is CCNC(=NCc1cccc(S(=O)(=O)NCCOC)c1)NCCCC1CCCC1.I. The third-order valence-corrected chi connectivity index (χ3v) is 6.59. The van der Waals surface area contributed by atoms with Crippen molar-refractivity contribution >= 4 is 40.0 Å². The van der Waals surface area contributed by atoms with E-state index in [4.69, 9.17) is 4.74 Å². The van der Waals surface area contributed by atoms with Crippen LogP contribution in [0.15, 0.2) is 34.2 Å². The Bertz CT molecular complexity index is 738. The summed E-state index contributed by atoms with van der Waals surface area (Å²) in [6, 6.07) is 6.90. The molecule has 0 radical (unpaired) electrons. The summed E-state index contributed by atoms with van der Waals surface area (Å²) < 4.78 is 32.1. The lowest BCUT2D eigenvalue weighted by atomic mass is 10.0. The molecule has 2 rings (SSSR count). The zero-order valence-corrected chi connectivity index (χ0v) is 21.3. The van der Waals surface area contributed by atoms with Crippen molar-refractivity contribution in [1.29, 1.82) is 0 Å². The molecule has 0 atom stereocenters. The smallest absolute Gasteiger partial charge is 0.240 e. The second-order valence-corrected chi connectivity index (χ2v) is 9.22. The lowest BCUT2D eigenvalue weighted by Gasteiger charge is -2.13. The van der Waals surface area contributed by atoms with E-state index in [1.165, 1.54) is 39.2 Å². The first-order valence-electron chi connectivity index (χ1n) is 10.6. The van der Waals surface area contributed by atoms with Crippen LogP contribution in [0.1, 0.15) is 51.0 Å². The molecular formula is C21H37IN4O3S. The number of nitrogens with one attached hydrogen (secondary N) is 3. The van der Waals surface area contributed by atoms with E-state index in [2.05, 4.69) is 20.3 Å². The Labute approximate surface area is 198 Å². The number of rotatable bonds is 12. The number of halogens is 1. The Kier molecular flexibility index (Phi) is 13.5. The van der Waals surface area contributed by atoms with Crippen LogP contribution in [0.5, 0.6) is 0 Å². The van der Waals surface area contributed by atoms with Gasteiger partial charge in [0.25, 0.3) is 0 Å². The summed E-state index contributed by atoms with van der Waals surface area (Å²) in [7, 11) is -2.00. The fourth-order valence-corrected chi connectivity index (χ4v) is 4.66. The monoisotopic (exact) mass is 552 g/mol. The normalized spacial score (nSPS) is 15.1. The largest absolute Gasteiger partial charge is 0.383 e. The summed E-state index contributed by atoms with van der Waals surface area (Å²) >= 11 is 0. The van der Waals surface area contributed by atoms with Gasteiger partial charge < -0.3 is 15.4 Å². The van der Waals surface area contributed by atoms with Gasteiger partial charge in [0.05, 0.1) is 18.0 Å². The summed E-state index contributed by atoms with van der Waals surface area (Å²) in [5.41, 5.74) is 0.850. The number of benzene rings is 1. The van der Waals surface area contributed by atoms with Crippen molar-refractivity contribution in [1.82, 2.24) is 15.4 Å². The summed E-state index contributed by atoms with van der Waals surface area (Å²) in [4.78, 5) is 4.86. The number of hydrogen-bond acceptors (Lipinski definition) is 4. The molecule has 30 heavy (non-hydrogen) atoms. The minimum Gasteiger partial charge on any atom is -0.383 e. The highest BCUT2D eigenvalue weighted by Gasteiger charge is 2.15. The minimum absolute atomic E-state index is 0. The summed E-state index contributed by atoms with van der Waals surface area (Å²) in [5.74, 6) is 1.67. The van der Waals surface area contributed by atoms with E-state index in [1.807, 2.05) is 13.0 Å². The molecule has 172 valence electrons. The van der Waals surface area contributed by atoms with E-state index in [9.17, 15) is 8.42 Å². The number of guanidine groups is 1. The van der Waals surface area contributed by atoms with Gasteiger partial charge in [-0.3, -0.25) is 0 Å². The van der Waals surface area contributed by atoms with Crippen molar-refractivity contribution in [2.75, 3.05) is 33.4 Å². The standard InChI is InChI=1S/C21H36N4O3S.HI/c1-3-22-21(23-13-7-11-18-8-4-5-9-18)24-17-19-10-6-12-20(16-19)29(26,27)25-14-15-28-2;/h6,10,12,16,18,25H,3-5,7-9,11,13-15,17H2,1-2H3,(H2,22,23,24);1H. The number of nitrogens with zero attached hydrogens (tertiary/aromatic N) is 1. The molecule has 7 nitrogen and oxygen atoms in total. The zero-order valence-electron chi connectivity index (χ0n) is 18.2. The first kappa shape index (κ1) is 27.1. The molecule has 1 aromatic carbocycles. The van der Waals surface area contributed by atoms with Crippen molar-refractivity contribution in [3.63, 3.8) is 0 Å². The predicted molar refractivity (Wildman–Crippen MR) is 133 cm³/mol. The van der Waals surface area contributed by atoms with Gasteiger partial charge in [0.1, 0.15) is 0 Å². The van der Waals surface area contributed by atoms with Crippen molar-refractivity contribution < 1.29 is 13.2 Å². The molecule has 1 aliphatic carbocycles. The molecule has 1 saturated carbocycles. The third-order valence-electron chi connectivity index (χ3n) is 5.13. The number of aliphatic imine (C=N–C) groups is 1. The molecule has 1 aliphatic rings. The van der Waals surface area contributed by atoms with E-state index < -0.39 is 10.0 Å². The fraction of sp³-hybridized carbons (Fsp3) is 0.667. The van der Waals surface area contributed by atoms with Gasteiger partial charge in [-0.15, -0.1) is 24.0 Å². The molecule has 1 fully saturated rings. The van der Waals surface area contributed by atoms with Gasteiger partial charge in [0.15, 0.2) is 5.96 Å². The van der Waals surface area contributed by atoms with Gasteiger partial charge in [-0.1, -0.05) is 37.8 Å². The second kappa shape index (κ2) is 15.0. The highest BCUT2D eigenvalue weighted by Crippen LogP contribution is 2.28. The van der Waals surface area contributed by atoms with Crippen molar-refractivity contribution in [2.24, 2.45) is 10.9 Å². The van der Waals surface area contributed by atoms with E-state index in [0.29, 0.717) is 13.2 Å². The van der Waals surface area contributed by atoms with Crippen LogP contribution >= 0.6 is 24.0 Å². The quantitative estimate of drug-likeness (QED) is 0.160. The van der Waals surface area contributed by atoms with Gasteiger partial charge in [-0.05, 0) is 43.4 Å². The van der Waals surface area contributed by atoms with E-state index in [-0.39, 0.29) is 35.4 Å². The minimum atomic E-state index is -3.54. The summed E-state index contributed by atoms with van der Waals surface area (Å²) in [6.45, 7) is 4.72. The summed E-state index contributed by atoms with van der Waals surface area (Å²) in [6.07, 6.45) is 7.97. The van der Waals surface area contributed by atoms with Crippen LogP contribution in [0.25, 0.3) is 0 Å². The maximum Gasteiger partial charge on any atom is 0.240 e. The molecule has 0 unspecified atom stereocenters. The van der Waals surface area contributed by atoms with Crippen LogP contribution in [0.4, 0.5) is 0 Å². The molecule has 0 heterocycles. The fourth-order valence-electron chi connectivity index (χ4n) is 3.58. The van der Waals surface area contributed by atoms with E-state index >= 15 is 0 Å². The molecule has 0 bridgehead atoms. The lowest BCUT2D eigenvalue weighted by Crippen LogP contribution is -2.37. The predicted octanol–water partition coefficient (Wildman–Crippen LogP) is 3.25. The number of ether oxygens (including phenoxy) is 1. The van der Waals surface area contributed by atoms with Gasteiger partial charge in [0.2, 0.25) is 10.0 Å². The summed E-state index contributed by atoms with van der Waals surface area (Å²) in [5, 5.41) is 6.64. The molecule has 0 amide bonds. The molecule has 0 aromatic heterocycles. The molecule has 0 aliphatic heterocycles. The van der Waals surface area contributed by atoms with E-state index in [0.717, 1.165) is 37.0 Å². The second-order valence-electron chi connectivity index (χ2n) is 7.45. The Balaban J connectivity index is 0.00000450. The molecule has 0 saturated heterocycles. The number of hydrogen-bond donors (Lipinski definition) is 3. The van der Waals surface area contributed by atoms with Gasteiger partial charge in [-0.25, -0.2) is 18.1 Å². The topological polar surface area (TPSA) is 91.8 Å². The Morgan fingerprint density at radius 1 is 1.20 bits per heavy atom. The van der Waals surface area contributed by atoms with Crippen LogP contribution in [0, 0.1) is 5.92 Å². The molecule has 1 aromatic rings. The van der Waals surface area contributed by atoms with Crippen LogP contribution < -0.4 is 15.4 Å². The zero-order chi connectivity index (χ0) is 21.0. The first-order chi connectivity index (χ1) is 14.0. The highest BCUT2D eigenvalue weighted by atomic mass is 127. The maximum atomic E-state index is 12.4. The van der Waals surface area contributed by atoms with E-state index in [1.54, 1.807) is 18.2 Å². The van der Waals surface area contributed by atoms with Gasteiger partial charge in [0, 0.05) is 26.7 Å². The number of methoxy groups -OCH3 is 1. The Hall–Kier alpha value is -0.910. The van der Waals surface area contributed by atoms with Crippen LogP contribution in [-0.2, 0) is 21.3 Å². The Morgan fingerprint density at radius 2 is 1.97 bits per heavy atom. The average molecular weight is 553 g/mol. The first-order valence-corrected chi connectivity index (χ1v) is 12.1. The third kappa shape index (κ3) is 9.93. The molecule has 0 spiro atoms. The van der Waals surface area contributed by atoms with Crippen molar-refractivity contribution in [3.05, 3.63) is 29.8 Å². The molecule has 9 heteroatoms. The highest BCUT2D eigenvalue weighted by molar-refractivity contribution is 14.0. The lowest BCUT2D eigenvalue weighted by molar-refractivity contribution is 0.204. The van der Waals surface area contributed by atoms with Crippen LogP contribution in [-0.4, -0.2) is 47.7 Å². The number of sulfonamides is 1. The molecular weight excluding hydrogens is 515 g/mol. The van der Waals surface area contributed by atoms with Gasteiger partial charge in [-0.2, -0.15) is 0 Å². The van der Waals surface area contributed by atoms with Gasteiger partial charge >= 0.3 is 0 Å². The molecule has 3 N–H and O–H groups in total. The van der Waals surface area contributed by atoms with Crippen LogP contribution in [0.3, 0.4) is 0 Å². The van der Waals surface area contributed by atoms with Crippen LogP contribution in [0.2, 0.25) is 0 Å². The van der Waals surface area contributed by atoms with Crippen molar-refractivity contribution in [3.8, 4) is 0 Å².